The van der Waals surface area contributed by atoms with Crippen molar-refractivity contribution in [3.63, 3.8) is 0 Å². The number of hydrogen-bond donors (Lipinski definition) is 0. The third-order valence-electron chi connectivity index (χ3n) is 1.95. The summed E-state index contributed by atoms with van der Waals surface area (Å²) in [5.41, 5.74) is 0.871. The van der Waals surface area contributed by atoms with Gasteiger partial charge in [0.05, 0.1) is 9.16 Å². The molecule has 0 saturated carbocycles. The van der Waals surface area contributed by atoms with Crippen molar-refractivity contribution in [2.45, 2.75) is 18.2 Å². The lowest BCUT2D eigenvalue weighted by Gasteiger charge is -1.97. The number of hydrogen-bond acceptors (Lipinski definition) is 4. The Hall–Kier alpha value is 0.320. The van der Waals surface area contributed by atoms with Crippen molar-refractivity contribution < 1.29 is 0 Å². The number of nitrogens with zero attached hydrogens (tertiary/aromatic N) is 2. The predicted molar refractivity (Wildman–Crippen MR) is 75.2 cm³/mol. The molecule has 2 nitrogen and oxygen atoms in total. The van der Waals surface area contributed by atoms with Gasteiger partial charge in [-0.15, -0.1) is 21.5 Å². The second-order valence-electron chi connectivity index (χ2n) is 3.06. The molecule has 2 heterocycles. The maximum atomic E-state index is 6.06. The molecule has 2 aromatic rings. The second kappa shape index (κ2) is 5.31. The lowest BCUT2D eigenvalue weighted by molar-refractivity contribution is 0.870. The van der Waals surface area contributed by atoms with Crippen LogP contribution in [0, 0.1) is 0 Å². The van der Waals surface area contributed by atoms with Gasteiger partial charge in [-0.05, 0) is 12.5 Å². The highest BCUT2D eigenvalue weighted by molar-refractivity contribution is 9.09. The smallest absolute Gasteiger partial charge is 0.142 e. The van der Waals surface area contributed by atoms with E-state index in [4.69, 9.17) is 23.2 Å². The normalized spacial score (nSPS) is 13.0. The van der Waals surface area contributed by atoms with Gasteiger partial charge in [-0.2, -0.15) is 0 Å². The molecule has 86 valence electrons. The Morgan fingerprint density at radius 2 is 2.12 bits per heavy atom. The van der Waals surface area contributed by atoms with Crippen molar-refractivity contribution in [3.8, 4) is 10.6 Å². The molecule has 0 amide bonds. The van der Waals surface area contributed by atoms with Gasteiger partial charge in [-0.1, -0.05) is 57.4 Å². The fraction of sp³-hybridized carbons (Fsp3) is 0.333. The summed E-state index contributed by atoms with van der Waals surface area (Å²) in [4.78, 5) is 0.256. The van der Waals surface area contributed by atoms with Gasteiger partial charge >= 0.3 is 0 Å². The van der Waals surface area contributed by atoms with Crippen LogP contribution in [0.1, 0.15) is 23.2 Å². The predicted octanol–water partition coefficient (Wildman–Crippen LogP) is 5.42. The number of alkyl halides is 1. The highest BCUT2D eigenvalue weighted by Gasteiger charge is 2.16. The monoisotopic (exact) mass is 356 g/mol. The summed E-state index contributed by atoms with van der Waals surface area (Å²) in [7, 11) is 0. The van der Waals surface area contributed by atoms with E-state index in [9.17, 15) is 0 Å². The van der Waals surface area contributed by atoms with E-state index in [0.29, 0.717) is 8.67 Å². The van der Waals surface area contributed by atoms with Gasteiger partial charge in [0.2, 0.25) is 0 Å². The van der Waals surface area contributed by atoms with Gasteiger partial charge in [0.15, 0.2) is 0 Å². The van der Waals surface area contributed by atoms with E-state index in [1.165, 1.54) is 11.3 Å². The number of rotatable bonds is 3. The highest BCUT2D eigenvalue weighted by Crippen LogP contribution is 2.40. The summed E-state index contributed by atoms with van der Waals surface area (Å²) in [5, 5.41) is 10.1. The van der Waals surface area contributed by atoms with Crippen molar-refractivity contribution in [1.82, 2.24) is 10.2 Å². The fourth-order valence-corrected chi connectivity index (χ4v) is 4.02. The van der Waals surface area contributed by atoms with E-state index >= 15 is 0 Å². The molecule has 0 N–H and O–H groups in total. The molecule has 0 aliphatic heterocycles. The Balaban J connectivity index is 2.35. The third-order valence-corrected chi connectivity index (χ3v) is 5.90. The van der Waals surface area contributed by atoms with Crippen molar-refractivity contribution in [1.29, 1.82) is 0 Å². The Bertz CT molecular complexity index is 497. The minimum atomic E-state index is 0.256. The Labute approximate surface area is 120 Å². The number of halogens is 3. The summed E-state index contributed by atoms with van der Waals surface area (Å²) < 4.78 is 1.33. The Kier molecular flexibility index (Phi) is 4.24. The van der Waals surface area contributed by atoms with E-state index in [-0.39, 0.29) is 4.83 Å². The molecule has 1 atom stereocenters. The molecule has 2 aromatic heterocycles. The third kappa shape index (κ3) is 2.59. The minimum absolute atomic E-state index is 0.256. The lowest BCUT2D eigenvalue weighted by atomic mass is 10.4. The zero-order valence-corrected chi connectivity index (χ0v) is 12.9. The molecule has 0 aliphatic carbocycles. The molecular weight excluding hydrogens is 351 g/mol. The maximum Gasteiger partial charge on any atom is 0.150 e. The molecule has 0 spiro atoms. The molecule has 7 heteroatoms. The zero-order chi connectivity index (χ0) is 11.7. The topological polar surface area (TPSA) is 25.8 Å². The molecule has 16 heavy (non-hydrogen) atoms. The molecule has 0 fully saturated rings. The van der Waals surface area contributed by atoms with Gasteiger partial charge in [0.1, 0.15) is 14.4 Å². The first-order chi connectivity index (χ1) is 7.61. The molecule has 2 rings (SSSR count). The van der Waals surface area contributed by atoms with Crippen LogP contribution in [0.25, 0.3) is 10.6 Å². The van der Waals surface area contributed by atoms with Crippen LogP contribution in [-0.2, 0) is 0 Å². The maximum absolute atomic E-state index is 6.06. The van der Waals surface area contributed by atoms with Crippen LogP contribution in [0.2, 0.25) is 8.67 Å². The van der Waals surface area contributed by atoms with Crippen LogP contribution >= 0.6 is 61.8 Å². The molecule has 0 saturated heterocycles. The van der Waals surface area contributed by atoms with Gasteiger partial charge in [-0.25, -0.2) is 0 Å². The van der Waals surface area contributed by atoms with E-state index in [1.807, 2.05) is 6.07 Å². The average Bonchev–Trinajstić information content (AvgIpc) is 2.83. The van der Waals surface area contributed by atoms with E-state index < -0.39 is 0 Å². The van der Waals surface area contributed by atoms with Crippen LogP contribution in [0.4, 0.5) is 0 Å². The second-order valence-corrected chi connectivity index (χ2v) is 7.46. The molecular formula is C9H7BrCl2N2S2. The van der Waals surface area contributed by atoms with E-state index in [1.54, 1.807) is 11.3 Å². The summed E-state index contributed by atoms with van der Waals surface area (Å²) in [6.45, 7) is 2.09. The van der Waals surface area contributed by atoms with Crippen LogP contribution in [0.15, 0.2) is 6.07 Å². The fourth-order valence-electron chi connectivity index (χ4n) is 1.13. The Morgan fingerprint density at radius 1 is 1.38 bits per heavy atom. The first-order valence-corrected chi connectivity index (χ1v) is 7.85. The van der Waals surface area contributed by atoms with Crippen molar-refractivity contribution in [2.24, 2.45) is 0 Å². The summed E-state index contributed by atoms with van der Waals surface area (Å²) in [6, 6.07) is 1.83. The number of thiophene rings is 1. The van der Waals surface area contributed by atoms with Crippen LogP contribution in [-0.4, -0.2) is 10.2 Å². The van der Waals surface area contributed by atoms with Crippen LogP contribution < -0.4 is 0 Å². The molecule has 0 radical (unpaired) electrons. The standard InChI is InChI=1S/C9H7BrCl2N2S2/c1-2-5(10)9-14-13-8(16-9)4-3-6(11)15-7(4)12/h3,5H,2H2,1H3. The van der Waals surface area contributed by atoms with E-state index in [0.717, 1.165) is 22.0 Å². The number of aromatic nitrogens is 2. The zero-order valence-electron chi connectivity index (χ0n) is 8.21. The SMILES string of the molecule is CCC(Br)c1nnc(-c2cc(Cl)sc2Cl)s1. The van der Waals surface area contributed by atoms with Crippen molar-refractivity contribution in [2.75, 3.05) is 0 Å². The van der Waals surface area contributed by atoms with Gasteiger partial charge in [0, 0.05) is 5.56 Å². The quantitative estimate of drug-likeness (QED) is 0.685. The largest absolute Gasteiger partial charge is 0.150 e. The molecule has 0 aromatic carbocycles. The highest BCUT2D eigenvalue weighted by atomic mass is 79.9. The first kappa shape index (κ1) is 12.8. The minimum Gasteiger partial charge on any atom is -0.142 e. The summed E-state index contributed by atoms with van der Waals surface area (Å²) >= 11 is 18.4. The van der Waals surface area contributed by atoms with Crippen molar-refractivity contribution >= 4 is 61.8 Å². The molecule has 0 aliphatic rings. The first-order valence-electron chi connectivity index (χ1n) is 4.54. The average molecular weight is 358 g/mol. The van der Waals surface area contributed by atoms with Crippen LogP contribution in [0.5, 0.6) is 0 Å². The van der Waals surface area contributed by atoms with Crippen LogP contribution in [0.3, 0.4) is 0 Å². The Morgan fingerprint density at radius 3 is 2.69 bits per heavy atom. The lowest BCUT2D eigenvalue weighted by Crippen LogP contribution is -1.84. The summed E-state index contributed by atoms with van der Waals surface area (Å²) in [6.07, 6.45) is 0.979. The van der Waals surface area contributed by atoms with Gasteiger partial charge < -0.3 is 0 Å². The van der Waals surface area contributed by atoms with Crippen molar-refractivity contribution in [3.05, 3.63) is 19.7 Å². The van der Waals surface area contributed by atoms with Gasteiger partial charge in [-0.3, -0.25) is 0 Å². The molecule has 1 unspecified atom stereocenters. The summed E-state index contributed by atoms with van der Waals surface area (Å²) in [5.74, 6) is 0. The van der Waals surface area contributed by atoms with E-state index in [2.05, 4.69) is 33.1 Å². The van der Waals surface area contributed by atoms with Gasteiger partial charge in [0.25, 0.3) is 0 Å². The molecule has 0 bridgehead atoms.